The topological polar surface area (TPSA) is 103 Å². The van der Waals surface area contributed by atoms with Crippen molar-refractivity contribution in [1.29, 1.82) is 0 Å². The van der Waals surface area contributed by atoms with Gasteiger partial charge < -0.3 is 34.6 Å². The minimum absolute atomic E-state index is 0.00504. The number of benzene rings is 2. The van der Waals surface area contributed by atoms with Crippen LogP contribution in [0.15, 0.2) is 36.4 Å². The molecule has 3 aliphatic rings. The molecule has 8 nitrogen and oxygen atoms in total. The van der Waals surface area contributed by atoms with Crippen LogP contribution in [0.25, 0.3) is 0 Å². The Bertz CT molecular complexity index is 1100. The van der Waals surface area contributed by atoms with Crippen molar-refractivity contribution in [3.8, 4) is 17.2 Å². The minimum Gasteiger partial charge on any atom is -0.508 e. The van der Waals surface area contributed by atoms with E-state index in [-0.39, 0.29) is 42.1 Å². The lowest BCUT2D eigenvalue weighted by molar-refractivity contribution is -0.00202. The van der Waals surface area contributed by atoms with Crippen LogP contribution in [0, 0.1) is 5.92 Å². The molecule has 0 bridgehead atoms. The molecule has 1 unspecified atom stereocenters. The Labute approximate surface area is 216 Å². The molecule has 36 heavy (non-hydrogen) atoms. The first-order chi connectivity index (χ1) is 17.3. The minimum atomic E-state index is -0.754. The van der Waals surface area contributed by atoms with Crippen molar-refractivity contribution < 1.29 is 29.6 Å². The third-order valence-electron chi connectivity index (χ3n) is 7.56. The van der Waals surface area contributed by atoms with Crippen molar-refractivity contribution >= 4 is 17.5 Å². The number of rotatable bonds is 7. The molecule has 194 valence electrons. The smallest absolute Gasteiger partial charge is 0.257 e. The number of piperidine rings is 1. The second-order valence-corrected chi connectivity index (χ2v) is 10.7. The number of amides is 1. The number of halogens is 1. The zero-order valence-electron chi connectivity index (χ0n) is 20.2. The summed E-state index contributed by atoms with van der Waals surface area (Å²) in [4.78, 5) is 16.9. The predicted octanol–water partition coefficient (Wildman–Crippen LogP) is 2.71. The van der Waals surface area contributed by atoms with Crippen LogP contribution >= 0.6 is 11.6 Å². The molecule has 2 aromatic carbocycles. The SMILES string of the molecule is O=C(c1ccc(O)cc1OC[C@@H](O)CN1CCC2(CC1)Cc1cc(Cl)ccc1O2)N1CCC(CO)C1. The highest BCUT2D eigenvalue weighted by atomic mass is 35.5. The van der Waals surface area contributed by atoms with E-state index in [1.165, 1.54) is 12.1 Å². The van der Waals surface area contributed by atoms with E-state index in [1.807, 2.05) is 18.2 Å². The van der Waals surface area contributed by atoms with Gasteiger partial charge in [0.1, 0.15) is 35.6 Å². The first kappa shape index (κ1) is 25.1. The van der Waals surface area contributed by atoms with Gasteiger partial charge in [0.05, 0.1) is 5.56 Å². The van der Waals surface area contributed by atoms with Gasteiger partial charge in [-0.05, 0) is 42.3 Å². The van der Waals surface area contributed by atoms with Crippen LogP contribution in [0.4, 0.5) is 0 Å². The molecule has 0 aromatic heterocycles. The third kappa shape index (κ3) is 5.42. The number of phenols is 1. The average Bonchev–Trinajstić information content (AvgIpc) is 3.48. The van der Waals surface area contributed by atoms with Crippen LogP contribution in [-0.4, -0.2) is 88.7 Å². The van der Waals surface area contributed by atoms with Crippen LogP contribution in [0.5, 0.6) is 17.2 Å². The van der Waals surface area contributed by atoms with E-state index in [2.05, 4.69) is 4.90 Å². The van der Waals surface area contributed by atoms with Gasteiger partial charge >= 0.3 is 0 Å². The molecule has 2 fully saturated rings. The largest absolute Gasteiger partial charge is 0.508 e. The molecule has 1 spiro atoms. The number of carbonyl (C=O) groups excluding carboxylic acids is 1. The number of carbonyl (C=O) groups is 1. The van der Waals surface area contributed by atoms with Crippen molar-refractivity contribution in [1.82, 2.24) is 9.80 Å². The fourth-order valence-electron chi connectivity index (χ4n) is 5.50. The molecular weight excluding hydrogens is 484 g/mol. The Hall–Kier alpha value is -2.52. The van der Waals surface area contributed by atoms with Crippen LogP contribution in [0.2, 0.25) is 5.02 Å². The zero-order chi connectivity index (χ0) is 25.3. The Morgan fingerprint density at radius 2 is 2.00 bits per heavy atom. The molecule has 0 radical (unpaired) electrons. The molecular formula is C27H33ClN2O6. The predicted molar refractivity (Wildman–Crippen MR) is 135 cm³/mol. The van der Waals surface area contributed by atoms with E-state index in [1.54, 1.807) is 11.0 Å². The van der Waals surface area contributed by atoms with Gasteiger partial charge in [0.25, 0.3) is 5.91 Å². The van der Waals surface area contributed by atoms with Crippen LogP contribution in [0.3, 0.4) is 0 Å². The monoisotopic (exact) mass is 516 g/mol. The van der Waals surface area contributed by atoms with E-state index >= 15 is 0 Å². The summed E-state index contributed by atoms with van der Waals surface area (Å²) in [5.74, 6) is 1.04. The number of likely N-dealkylation sites (tertiary alicyclic amines) is 2. The summed E-state index contributed by atoms with van der Waals surface area (Å²) >= 11 is 6.14. The summed E-state index contributed by atoms with van der Waals surface area (Å²) in [6.45, 7) is 3.18. The summed E-state index contributed by atoms with van der Waals surface area (Å²) in [5, 5.41) is 30.7. The fraction of sp³-hybridized carbons (Fsp3) is 0.519. The first-order valence-corrected chi connectivity index (χ1v) is 13.0. The van der Waals surface area contributed by atoms with Crippen LogP contribution in [0.1, 0.15) is 35.2 Å². The summed E-state index contributed by atoms with van der Waals surface area (Å²) in [7, 11) is 0. The highest BCUT2D eigenvalue weighted by Gasteiger charge is 2.42. The number of fused-ring (bicyclic) bond motifs is 1. The summed E-state index contributed by atoms with van der Waals surface area (Å²) < 4.78 is 12.1. The third-order valence-corrected chi connectivity index (χ3v) is 7.79. The van der Waals surface area contributed by atoms with E-state index in [9.17, 15) is 20.1 Å². The van der Waals surface area contributed by atoms with E-state index < -0.39 is 6.10 Å². The second-order valence-electron chi connectivity index (χ2n) is 10.2. The molecule has 2 saturated heterocycles. The lowest BCUT2D eigenvalue weighted by Gasteiger charge is -2.39. The van der Waals surface area contributed by atoms with Gasteiger partial charge in [0, 0.05) is 75.6 Å². The van der Waals surface area contributed by atoms with Gasteiger partial charge in [0.15, 0.2) is 0 Å². The van der Waals surface area contributed by atoms with Crippen molar-refractivity contribution in [2.45, 2.75) is 37.4 Å². The molecule has 3 N–H and O–H groups in total. The molecule has 9 heteroatoms. The lowest BCUT2D eigenvalue weighted by Crippen LogP contribution is -2.49. The summed E-state index contributed by atoms with van der Waals surface area (Å²) in [6, 6.07) is 10.2. The lowest BCUT2D eigenvalue weighted by atomic mass is 9.87. The van der Waals surface area contributed by atoms with E-state index in [0.717, 1.165) is 55.1 Å². The normalized spacial score (nSPS) is 21.9. The van der Waals surface area contributed by atoms with E-state index in [4.69, 9.17) is 21.1 Å². The maximum atomic E-state index is 13.0. The number of aromatic hydroxyl groups is 1. The molecule has 2 aromatic rings. The van der Waals surface area contributed by atoms with Gasteiger partial charge in [-0.3, -0.25) is 4.79 Å². The van der Waals surface area contributed by atoms with Gasteiger partial charge in [-0.1, -0.05) is 11.6 Å². The Morgan fingerprint density at radius 1 is 1.19 bits per heavy atom. The van der Waals surface area contributed by atoms with Crippen LogP contribution < -0.4 is 9.47 Å². The first-order valence-electron chi connectivity index (χ1n) is 12.6. The van der Waals surface area contributed by atoms with Gasteiger partial charge in [-0.25, -0.2) is 0 Å². The Morgan fingerprint density at radius 3 is 2.75 bits per heavy atom. The fourth-order valence-corrected chi connectivity index (χ4v) is 5.70. The molecule has 2 atom stereocenters. The molecule has 3 heterocycles. The number of phenolic OH excluding ortho intramolecular Hbond substituents is 1. The average molecular weight is 517 g/mol. The van der Waals surface area contributed by atoms with Crippen LogP contribution in [-0.2, 0) is 6.42 Å². The zero-order valence-corrected chi connectivity index (χ0v) is 21.0. The second kappa shape index (κ2) is 10.5. The van der Waals surface area contributed by atoms with E-state index in [0.29, 0.717) is 25.2 Å². The quantitative estimate of drug-likeness (QED) is 0.520. The van der Waals surface area contributed by atoms with Gasteiger partial charge in [-0.2, -0.15) is 0 Å². The number of nitrogens with zero attached hydrogens (tertiary/aromatic N) is 2. The summed E-state index contributed by atoms with van der Waals surface area (Å²) in [6.07, 6.45) is 2.59. The Balaban J connectivity index is 1.13. The number of β-amino-alcohol motifs (C(OH)–C–C–N with tert-alkyl or cyclic N) is 1. The Kier molecular flexibility index (Phi) is 7.30. The maximum Gasteiger partial charge on any atom is 0.257 e. The standard InChI is InChI=1S/C27H33ClN2O6/c28-20-1-4-24-19(11-20)13-27(36-24)6-9-29(10-7-27)15-22(33)17-35-25-12-21(32)2-3-23(25)26(34)30-8-5-18(14-30)16-31/h1-4,11-12,18,22,31-33H,5-10,13-17H2/t18?,22-/m0/s1. The van der Waals surface area contributed by atoms with Gasteiger partial charge in [-0.15, -0.1) is 0 Å². The number of aliphatic hydroxyl groups excluding tert-OH is 2. The number of hydrogen-bond acceptors (Lipinski definition) is 7. The molecule has 5 rings (SSSR count). The van der Waals surface area contributed by atoms with Crippen molar-refractivity contribution in [3.63, 3.8) is 0 Å². The van der Waals surface area contributed by atoms with Crippen molar-refractivity contribution in [3.05, 3.63) is 52.5 Å². The molecule has 0 aliphatic carbocycles. The maximum absolute atomic E-state index is 13.0. The highest BCUT2D eigenvalue weighted by molar-refractivity contribution is 6.30. The number of hydrogen-bond donors (Lipinski definition) is 3. The number of aliphatic hydroxyl groups is 2. The highest BCUT2D eigenvalue weighted by Crippen LogP contribution is 2.42. The van der Waals surface area contributed by atoms with Gasteiger partial charge in [0.2, 0.25) is 0 Å². The molecule has 0 saturated carbocycles. The molecule has 1 amide bonds. The van der Waals surface area contributed by atoms with Crippen molar-refractivity contribution in [2.24, 2.45) is 5.92 Å². The molecule has 3 aliphatic heterocycles. The van der Waals surface area contributed by atoms with Crippen molar-refractivity contribution in [2.75, 3.05) is 45.9 Å². The summed E-state index contributed by atoms with van der Waals surface area (Å²) in [5.41, 5.74) is 1.30. The number of ether oxygens (including phenoxy) is 2.